The Morgan fingerprint density at radius 2 is 1.57 bits per heavy atom. The fraction of sp³-hybridized carbons (Fsp3) is 0.351. The summed E-state index contributed by atoms with van der Waals surface area (Å²) in [5, 5.41) is 22.5. The molecule has 6 aliphatic rings. The molecule has 0 spiro atoms. The van der Waals surface area contributed by atoms with Gasteiger partial charge in [0.2, 0.25) is 5.91 Å². The number of nitrogens with zero attached hydrogens (tertiary/aromatic N) is 3. The summed E-state index contributed by atoms with van der Waals surface area (Å²) in [7, 11) is 0. The fourth-order valence-corrected chi connectivity index (χ4v) is 9.00. The Morgan fingerprint density at radius 1 is 0.891 bits per heavy atom. The van der Waals surface area contributed by atoms with Gasteiger partial charge in [0, 0.05) is 22.6 Å². The standard InChI is InChI=1S/C37H36N3O6/c1-21-30(33(37(45)46)38-32(21)31(22(2)41)35(38)43)25-9-11-27-28(19-25)26-10-8-23(18-29(26)34(27)42)20-39-12-15-40(16-13-39,17-14-39)36(44)24-6-4-3-5-7-24/h3-11,18-19,21-22,31-32,41H,12-17,20H2,1-2H3/q+1/t21-,22+,31+,32+,39?,40?/m0/s1. The van der Waals surface area contributed by atoms with Crippen molar-refractivity contribution in [3.63, 3.8) is 0 Å². The summed E-state index contributed by atoms with van der Waals surface area (Å²) in [6.07, 6.45) is -0.893. The van der Waals surface area contributed by atoms with Gasteiger partial charge >= 0.3 is 5.91 Å². The molecular weight excluding hydrogens is 582 g/mol. The number of carbonyl (C=O) groups excluding carboxylic acids is 4. The van der Waals surface area contributed by atoms with E-state index in [1.54, 1.807) is 19.1 Å². The van der Waals surface area contributed by atoms with Crippen LogP contribution in [0.5, 0.6) is 0 Å². The van der Waals surface area contributed by atoms with E-state index in [9.17, 15) is 29.4 Å². The molecule has 46 heavy (non-hydrogen) atoms. The normalized spacial score (nSPS) is 29.7. The van der Waals surface area contributed by atoms with E-state index in [2.05, 4.69) is 6.07 Å². The van der Waals surface area contributed by atoms with Gasteiger partial charge < -0.3 is 24.4 Å². The zero-order valence-corrected chi connectivity index (χ0v) is 25.9. The molecule has 2 amide bonds. The number of amides is 2. The van der Waals surface area contributed by atoms with Crippen LogP contribution >= 0.6 is 0 Å². The van der Waals surface area contributed by atoms with Crippen molar-refractivity contribution in [1.29, 1.82) is 0 Å². The summed E-state index contributed by atoms with van der Waals surface area (Å²) in [6.45, 7) is 9.42. The molecule has 0 saturated carbocycles. The molecule has 4 saturated heterocycles. The quantitative estimate of drug-likeness (QED) is 0.262. The van der Waals surface area contributed by atoms with E-state index in [1.807, 2.05) is 55.5 Å². The van der Waals surface area contributed by atoms with E-state index in [4.69, 9.17) is 0 Å². The molecule has 9 heteroatoms. The molecule has 1 aliphatic carbocycles. The summed E-state index contributed by atoms with van der Waals surface area (Å²) in [5.41, 5.74) is 5.63. The SMILES string of the molecule is C[C@@H](O)[C@H]1C(=O)N2C(C(=O)[O-])=C(c3ccc4c(c3)-c3ccc(C[N+]56CC[N+](C(=O)c7ccccc7)(CC5)CC6)cc3C4=O)[C@H](C)[C@H]12. The lowest BCUT2D eigenvalue weighted by Gasteiger charge is -2.54. The van der Waals surface area contributed by atoms with Gasteiger partial charge in [-0.25, -0.2) is 9.28 Å². The molecular formula is C37H36N3O6+. The van der Waals surface area contributed by atoms with Gasteiger partial charge in [-0.2, -0.15) is 0 Å². The Bertz CT molecular complexity index is 1870. The molecule has 234 valence electrons. The van der Waals surface area contributed by atoms with Gasteiger partial charge in [-0.15, -0.1) is 0 Å². The lowest BCUT2D eigenvalue weighted by Crippen LogP contribution is -2.76. The molecule has 0 radical (unpaired) electrons. The number of fused-ring (bicyclic) bond motifs is 7. The predicted molar refractivity (Wildman–Crippen MR) is 166 cm³/mol. The number of aliphatic carboxylic acids is 1. The molecule has 1 N–H and O–H groups in total. The van der Waals surface area contributed by atoms with Gasteiger partial charge in [-0.3, -0.25) is 9.59 Å². The van der Waals surface area contributed by atoms with Crippen LogP contribution in [0.2, 0.25) is 0 Å². The van der Waals surface area contributed by atoms with Crippen molar-refractivity contribution in [2.24, 2.45) is 11.8 Å². The van der Waals surface area contributed by atoms with Crippen LogP contribution < -0.4 is 5.11 Å². The number of aliphatic hydroxyl groups excluding tert-OH is 1. The molecule has 0 unspecified atom stereocenters. The van der Waals surface area contributed by atoms with Gasteiger partial charge in [0.25, 0.3) is 0 Å². The van der Waals surface area contributed by atoms with Gasteiger partial charge in [0.05, 0.1) is 35.3 Å². The lowest BCUT2D eigenvalue weighted by molar-refractivity contribution is -1.06. The van der Waals surface area contributed by atoms with Crippen molar-refractivity contribution in [2.75, 3.05) is 39.3 Å². The number of aliphatic hydroxyl groups is 1. The third-order valence-electron chi connectivity index (χ3n) is 11.5. The topological polar surface area (TPSA) is 115 Å². The fourth-order valence-electron chi connectivity index (χ4n) is 9.00. The highest BCUT2D eigenvalue weighted by Gasteiger charge is 2.59. The largest absolute Gasteiger partial charge is 0.543 e. The Morgan fingerprint density at radius 3 is 2.22 bits per heavy atom. The van der Waals surface area contributed by atoms with Crippen LogP contribution in [0.4, 0.5) is 0 Å². The van der Waals surface area contributed by atoms with Gasteiger partial charge in [-0.05, 0) is 59.5 Å². The van der Waals surface area contributed by atoms with Gasteiger partial charge in [0.1, 0.15) is 45.8 Å². The molecule has 5 heterocycles. The number of benzene rings is 3. The Balaban J connectivity index is 1.06. The van der Waals surface area contributed by atoms with Crippen LogP contribution in [0.15, 0.2) is 72.4 Å². The predicted octanol–water partition coefficient (Wildman–Crippen LogP) is 2.22. The second kappa shape index (κ2) is 10.0. The molecule has 2 bridgehead atoms. The number of carboxylic acid groups (broad SMARTS) is 1. The number of hydrogen-bond acceptors (Lipinski definition) is 6. The number of hydrogen-bond donors (Lipinski definition) is 1. The summed E-state index contributed by atoms with van der Waals surface area (Å²) in [5.74, 6) is -2.66. The van der Waals surface area contributed by atoms with Crippen LogP contribution in [0.3, 0.4) is 0 Å². The number of carboxylic acids is 1. The molecule has 4 fully saturated rings. The molecule has 0 aromatic heterocycles. The van der Waals surface area contributed by atoms with Crippen molar-refractivity contribution in [1.82, 2.24) is 4.90 Å². The monoisotopic (exact) mass is 618 g/mol. The van der Waals surface area contributed by atoms with Crippen LogP contribution in [0.1, 0.15) is 51.3 Å². The van der Waals surface area contributed by atoms with Crippen LogP contribution in [0.25, 0.3) is 16.7 Å². The number of rotatable bonds is 6. The van der Waals surface area contributed by atoms with Crippen LogP contribution in [-0.2, 0) is 16.1 Å². The molecule has 4 atom stereocenters. The zero-order chi connectivity index (χ0) is 32.1. The van der Waals surface area contributed by atoms with Crippen molar-refractivity contribution >= 4 is 29.1 Å². The molecule has 9 rings (SSSR count). The van der Waals surface area contributed by atoms with Crippen LogP contribution in [-0.4, -0.2) is 94.0 Å². The first-order valence-electron chi connectivity index (χ1n) is 16.1. The number of ketones is 1. The summed E-state index contributed by atoms with van der Waals surface area (Å²) in [6, 6.07) is 20.6. The maximum atomic E-state index is 13.6. The first kappa shape index (κ1) is 29.0. The van der Waals surface area contributed by atoms with Crippen molar-refractivity contribution in [3.8, 4) is 11.1 Å². The van der Waals surface area contributed by atoms with Crippen molar-refractivity contribution < 1.29 is 38.4 Å². The molecule has 9 nitrogen and oxygen atoms in total. The third-order valence-corrected chi connectivity index (χ3v) is 11.5. The third kappa shape index (κ3) is 3.98. The summed E-state index contributed by atoms with van der Waals surface area (Å²) in [4.78, 5) is 53.5. The number of piperazine rings is 3. The molecule has 3 aromatic rings. The van der Waals surface area contributed by atoms with Crippen LogP contribution in [0, 0.1) is 11.8 Å². The first-order valence-corrected chi connectivity index (χ1v) is 16.1. The molecule has 5 aliphatic heterocycles. The smallest absolute Gasteiger partial charge is 0.346 e. The van der Waals surface area contributed by atoms with Gasteiger partial charge in [-0.1, -0.05) is 43.3 Å². The highest BCUT2D eigenvalue weighted by molar-refractivity contribution is 6.22. The minimum atomic E-state index is -1.42. The van der Waals surface area contributed by atoms with Crippen molar-refractivity contribution in [2.45, 2.75) is 32.5 Å². The van der Waals surface area contributed by atoms with E-state index in [0.717, 1.165) is 72.6 Å². The summed E-state index contributed by atoms with van der Waals surface area (Å²) < 4.78 is 1.43. The second-order valence-electron chi connectivity index (χ2n) is 13.9. The lowest BCUT2D eigenvalue weighted by atomic mass is 9.76. The first-order chi connectivity index (χ1) is 22.0. The zero-order valence-electron chi connectivity index (χ0n) is 25.9. The number of quaternary nitrogens is 2. The average molecular weight is 619 g/mol. The average Bonchev–Trinajstić information content (AvgIpc) is 3.49. The maximum absolute atomic E-state index is 13.6. The van der Waals surface area contributed by atoms with E-state index in [1.165, 1.54) is 4.90 Å². The number of β-lactam (4-membered cyclic amide) rings is 1. The van der Waals surface area contributed by atoms with Gasteiger partial charge in [0.15, 0.2) is 5.78 Å². The Kier molecular flexibility index (Phi) is 6.32. The Labute approximate surface area is 267 Å². The minimum Gasteiger partial charge on any atom is -0.543 e. The Hall–Kier alpha value is -4.44. The van der Waals surface area contributed by atoms with Crippen molar-refractivity contribution in [3.05, 3.63) is 100 Å². The second-order valence-corrected chi connectivity index (χ2v) is 13.9. The number of carbonyl (C=O) groups is 4. The maximum Gasteiger partial charge on any atom is 0.346 e. The minimum absolute atomic E-state index is 0.0541. The highest BCUT2D eigenvalue weighted by atomic mass is 16.4. The highest BCUT2D eigenvalue weighted by Crippen LogP contribution is 2.51. The van der Waals surface area contributed by atoms with E-state index < -0.39 is 29.9 Å². The van der Waals surface area contributed by atoms with E-state index >= 15 is 0 Å². The summed E-state index contributed by atoms with van der Waals surface area (Å²) >= 11 is 0. The van der Waals surface area contributed by atoms with E-state index in [0.29, 0.717) is 26.7 Å². The molecule has 3 aromatic carbocycles. The van der Waals surface area contributed by atoms with E-state index in [-0.39, 0.29) is 23.3 Å².